The second-order valence-electron chi connectivity index (χ2n) is 4.31. The van der Waals surface area contributed by atoms with Gasteiger partial charge in [0.1, 0.15) is 0 Å². The van der Waals surface area contributed by atoms with E-state index in [2.05, 4.69) is 24.3 Å². The van der Waals surface area contributed by atoms with Gasteiger partial charge in [-0.05, 0) is 22.8 Å². The number of guanidine groups is 1. The first-order chi connectivity index (χ1) is 8.66. The fraction of sp³-hybridized carbons (Fsp3) is 0.133. The number of rotatable bonds is 3. The Labute approximate surface area is 107 Å². The standard InChI is InChI=1S/C15H17N3/c1-18(15(16)17)11-12-6-5-9-14(10-12)13-7-3-2-4-8-13/h2-10H,11H2,1H3,(H3,16,17). The molecule has 0 spiro atoms. The molecule has 92 valence electrons. The van der Waals surface area contributed by atoms with Crippen molar-refractivity contribution in [1.82, 2.24) is 4.90 Å². The van der Waals surface area contributed by atoms with E-state index in [1.165, 1.54) is 11.1 Å². The largest absolute Gasteiger partial charge is 0.370 e. The fourth-order valence-corrected chi connectivity index (χ4v) is 1.84. The highest BCUT2D eigenvalue weighted by Gasteiger charge is 2.03. The maximum absolute atomic E-state index is 7.37. The summed E-state index contributed by atoms with van der Waals surface area (Å²) in [6.45, 7) is 0.649. The Morgan fingerprint density at radius 2 is 1.72 bits per heavy atom. The fourth-order valence-electron chi connectivity index (χ4n) is 1.84. The van der Waals surface area contributed by atoms with Crippen molar-refractivity contribution in [2.75, 3.05) is 7.05 Å². The van der Waals surface area contributed by atoms with Crippen LogP contribution >= 0.6 is 0 Å². The van der Waals surface area contributed by atoms with Crippen LogP contribution in [0, 0.1) is 5.41 Å². The molecule has 3 N–H and O–H groups in total. The maximum atomic E-state index is 7.37. The molecule has 0 aliphatic carbocycles. The maximum Gasteiger partial charge on any atom is 0.188 e. The van der Waals surface area contributed by atoms with Crippen molar-refractivity contribution in [1.29, 1.82) is 5.41 Å². The number of nitrogens with two attached hydrogens (primary N) is 1. The van der Waals surface area contributed by atoms with E-state index >= 15 is 0 Å². The smallest absolute Gasteiger partial charge is 0.188 e. The van der Waals surface area contributed by atoms with Gasteiger partial charge in [0.2, 0.25) is 0 Å². The summed E-state index contributed by atoms with van der Waals surface area (Å²) in [6, 6.07) is 18.6. The zero-order valence-corrected chi connectivity index (χ0v) is 10.4. The molecule has 0 radical (unpaired) electrons. The van der Waals surface area contributed by atoms with Crippen molar-refractivity contribution in [3.8, 4) is 11.1 Å². The first-order valence-corrected chi connectivity index (χ1v) is 5.86. The van der Waals surface area contributed by atoms with Crippen molar-refractivity contribution in [2.45, 2.75) is 6.54 Å². The number of hydrogen-bond acceptors (Lipinski definition) is 1. The van der Waals surface area contributed by atoms with Gasteiger partial charge >= 0.3 is 0 Å². The van der Waals surface area contributed by atoms with E-state index in [1.54, 1.807) is 4.90 Å². The van der Waals surface area contributed by atoms with Gasteiger partial charge in [-0.25, -0.2) is 0 Å². The Morgan fingerprint density at radius 3 is 2.39 bits per heavy atom. The van der Waals surface area contributed by atoms with Gasteiger partial charge in [-0.1, -0.05) is 48.5 Å². The van der Waals surface area contributed by atoms with Crippen LogP contribution in [0.5, 0.6) is 0 Å². The van der Waals surface area contributed by atoms with E-state index in [-0.39, 0.29) is 5.96 Å². The van der Waals surface area contributed by atoms with Crippen molar-refractivity contribution in [2.24, 2.45) is 5.73 Å². The third kappa shape index (κ3) is 2.88. The SMILES string of the molecule is CN(Cc1cccc(-c2ccccc2)c1)C(=N)N. The molecule has 18 heavy (non-hydrogen) atoms. The average molecular weight is 239 g/mol. The Kier molecular flexibility index (Phi) is 3.63. The van der Waals surface area contributed by atoms with E-state index in [9.17, 15) is 0 Å². The Balaban J connectivity index is 2.23. The first-order valence-electron chi connectivity index (χ1n) is 5.86. The zero-order chi connectivity index (χ0) is 13.0. The minimum Gasteiger partial charge on any atom is -0.370 e. The van der Waals surface area contributed by atoms with E-state index in [0.717, 1.165) is 5.56 Å². The molecule has 0 aliphatic rings. The molecule has 0 atom stereocenters. The van der Waals surface area contributed by atoms with Crippen molar-refractivity contribution < 1.29 is 0 Å². The van der Waals surface area contributed by atoms with E-state index in [0.29, 0.717) is 6.54 Å². The minimum absolute atomic E-state index is 0.0834. The summed E-state index contributed by atoms with van der Waals surface area (Å²) in [6.07, 6.45) is 0. The summed E-state index contributed by atoms with van der Waals surface area (Å²) in [5.74, 6) is 0.0834. The Hall–Kier alpha value is -2.29. The lowest BCUT2D eigenvalue weighted by atomic mass is 10.0. The molecule has 0 fully saturated rings. The zero-order valence-electron chi connectivity index (χ0n) is 10.4. The van der Waals surface area contributed by atoms with Crippen molar-refractivity contribution in [3.05, 3.63) is 60.2 Å². The number of nitrogens with zero attached hydrogens (tertiary/aromatic N) is 1. The van der Waals surface area contributed by atoms with Crippen LogP contribution in [0.1, 0.15) is 5.56 Å². The summed E-state index contributed by atoms with van der Waals surface area (Å²) in [4.78, 5) is 1.71. The van der Waals surface area contributed by atoms with Crippen LogP contribution < -0.4 is 5.73 Å². The average Bonchev–Trinajstić information content (AvgIpc) is 2.40. The predicted octanol–water partition coefficient (Wildman–Crippen LogP) is 2.68. The Bertz CT molecular complexity index is 534. The van der Waals surface area contributed by atoms with Crippen molar-refractivity contribution >= 4 is 5.96 Å². The topological polar surface area (TPSA) is 53.1 Å². The van der Waals surface area contributed by atoms with Crippen LogP contribution in [0.2, 0.25) is 0 Å². The second-order valence-corrected chi connectivity index (χ2v) is 4.31. The van der Waals surface area contributed by atoms with Gasteiger partial charge < -0.3 is 10.6 Å². The third-order valence-corrected chi connectivity index (χ3v) is 2.87. The molecule has 3 nitrogen and oxygen atoms in total. The molecule has 0 bridgehead atoms. The third-order valence-electron chi connectivity index (χ3n) is 2.87. The van der Waals surface area contributed by atoms with Gasteiger partial charge in [-0.3, -0.25) is 5.41 Å². The summed E-state index contributed by atoms with van der Waals surface area (Å²) < 4.78 is 0. The van der Waals surface area contributed by atoms with Gasteiger partial charge in [0.05, 0.1) is 0 Å². The number of hydrogen-bond donors (Lipinski definition) is 2. The quantitative estimate of drug-likeness (QED) is 0.639. The predicted molar refractivity (Wildman–Crippen MR) is 75.3 cm³/mol. The van der Waals surface area contributed by atoms with Crippen LogP contribution in [-0.2, 0) is 6.54 Å². The lowest BCUT2D eigenvalue weighted by Crippen LogP contribution is -2.32. The van der Waals surface area contributed by atoms with Crippen LogP contribution in [0.4, 0.5) is 0 Å². The normalized spacial score (nSPS) is 10.1. The molecule has 3 heteroatoms. The van der Waals surface area contributed by atoms with Crippen molar-refractivity contribution in [3.63, 3.8) is 0 Å². The molecule has 0 aliphatic heterocycles. The molecule has 2 aromatic carbocycles. The second kappa shape index (κ2) is 5.36. The van der Waals surface area contributed by atoms with Gasteiger partial charge in [-0.15, -0.1) is 0 Å². The van der Waals surface area contributed by atoms with E-state index < -0.39 is 0 Å². The molecule has 0 saturated carbocycles. The van der Waals surface area contributed by atoms with Gasteiger partial charge in [0, 0.05) is 13.6 Å². The molecular weight excluding hydrogens is 222 g/mol. The highest BCUT2D eigenvalue weighted by molar-refractivity contribution is 5.74. The minimum atomic E-state index is 0.0834. The summed E-state index contributed by atoms with van der Waals surface area (Å²) in [5, 5.41) is 7.37. The summed E-state index contributed by atoms with van der Waals surface area (Å²) >= 11 is 0. The number of benzene rings is 2. The lowest BCUT2D eigenvalue weighted by Gasteiger charge is -2.17. The van der Waals surface area contributed by atoms with Gasteiger partial charge in [-0.2, -0.15) is 0 Å². The molecule has 0 aromatic heterocycles. The summed E-state index contributed by atoms with van der Waals surface area (Å²) in [5.41, 5.74) is 8.97. The van der Waals surface area contributed by atoms with Gasteiger partial charge in [0.15, 0.2) is 5.96 Å². The van der Waals surface area contributed by atoms with E-state index in [4.69, 9.17) is 11.1 Å². The molecule has 0 heterocycles. The highest BCUT2D eigenvalue weighted by atomic mass is 15.2. The monoisotopic (exact) mass is 239 g/mol. The molecule has 2 rings (SSSR count). The first kappa shape index (κ1) is 12.2. The molecular formula is C15H17N3. The van der Waals surface area contributed by atoms with Crippen LogP contribution in [0.25, 0.3) is 11.1 Å². The Morgan fingerprint density at radius 1 is 1.06 bits per heavy atom. The summed E-state index contributed by atoms with van der Waals surface area (Å²) in [7, 11) is 1.82. The van der Waals surface area contributed by atoms with Gasteiger partial charge in [0.25, 0.3) is 0 Å². The van der Waals surface area contributed by atoms with E-state index in [1.807, 2.05) is 37.4 Å². The highest BCUT2D eigenvalue weighted by Crippen LogP contribution is 2.20. The molecule has 0 amide bonds. The molecule has 0 saturated heterocycles. The molecule has 2 aromatic rings. The van der Waals surface area contributed by atoms with Crippen LogP contribution in [0.15, 0.2) is 54.6 Å². The van der Waals surface area contributed by atoms with Crippen LogP contribution in [-0.4, -0.2) is 17.9 Å². The molecule has 0 unspecified atom stereocenters. The van der Waals surface area contributed by atoms with Crippen LogP contribution in [0.3, 0.4) is 0 Å². The number of nitrogens with one attached hydrogen (secondary N) is 1. The lowest BCUT2D eigenvalue weighted by molar-refractivity contribution is 0.491.